The Bertz CT molecular complexity index is 457. The Hall–Kier alpha value is -1.01. The molecule has 1 aromatic carbocycles. The van der Waals surface area contributed by atoms with E-state index in [9.17, 15) is 21.8 Å². The molecular formula is C9H9F2O3S-. The lowest BCUT2D eigenvalue weighted by atomic mass is 10.0. The van der Waals surface area contributed by atoms with Crippen molar-refractivity contribution in [1.82, 2.24) is 0 Å². The molecule has 0 aliphatic rings. The van der Waals surface area contributed by atoms with Crippen LogP contribution in [0.1, 0.15) is 25.3 Å². The molecule has 6 heteroatoms. The van der Waals surface area contributed by atoms with E-state index >= 15 is 0 Å². The zero-order valence-electron chi connectivity index (χ0n) is 8.12. The van der Waals surface area contributed by atoms with Crippen molar-refractivity contribution in [1.29, 1.82) is 0 Å². The van der Waals surface area contributed by atoms with Crippen LogP contribution in [0.5, 0.6) is 0 Å². The molecule has 0 bridgehead atoms. The van der Waals surface area contributed by atoms with Crippen LogP contribution in [0.15, 0.2) is 17.0 Å². The number of benzene rings is 1. The second kappa shape index (κ2) is 3.86. The van der Waals surface area contributed by atoms with Crippen molar-refractivity contribution >= 4 is 10.1 Å². The molecule has 15 heavy (non-hydrogen) atoms. The average Bonchev–Trinajstić information content (AvgIpc) is 1.99. The minimum Gasteiger partial charge on any atom is -0.744 e. The van der Waals surface area contributed by atoms with Gasteiger partial charge in [0, 0.05) is 5.56 Å². The molecule has 0 aromatic heterocycles. The third-order valence-electron chi connectivity index (χ3n) is 1.92. The molecular weight excluding hydrogens is 226 g/mol. The van der Waals surface area contributed by atoms with Crippen LogP contribution in [0.4, 0.5) is 8.78 Å². The van der Waals surface area contributed by atoms with Gasteiger partial charge >= 0.3 is 0 Å². The summed E-state index contributed by atoms with van der Waals surface area (Å²) in [5, 5.41) is 0. The van der Waals surface area contributed by atoms with Crippen LogP contribution < -0.4 is 0 Å². The van der Waals surface area contributed by atoms with E-state index in [-0.39, 0.29) is 5.56 Å². The van der Waals surface area contributed by atoms with E-state index in [2.05, 4.69) is 0 Å². The van der Waals surface area contributed by atoms with Gasteiger partial charge in [0.1, 0.15) is 21.8 Å². The summed E-state index contributed by atoms with van der Waals surface area (Å²) in [7, 11) is -4.82. The largest absolute Gasteiger partial charge is 0.744 e. The molecule has 84 valence electrons. The van der Waals surface area contributed by atoms with Gasteiger partial charge < -0.3 is 4.55 Å². The van der Waals surface area contributed by atoms with Crippen molar-refractivity contribution in [3.05, 3.63) is 29.3 Å². The van der Waals surface area contributed by atoms with Crippen LogP contribution in [0, 0.1) is 11.6 Å². The molecule has 0 atom stereocenters. The Morgan fingerprint density at radius 3 is 1.87 bits per heavy atom. The highest BCUT2D eigenvalue weighted by Gasteiger charge is 2.16. The van der Waals surface area contributed by atoms with Gasteiger partial charge in [0.25, 0.3) is 0 Å². The Kier molecular flexibility index (Phi) is 3.11. The maximum absolute atomic E-state index is 13.2. The molecule has 0 saturated carbocycles. The maximum Gasteiger partial charge on any atom is 0.130 e. The molecule has 0 heterocycles. The highest BCUT2D eigenvalue weighted by atomic mass is 32.2. The van der Waals surface area contributed by atoms with Gasteiger partial charge in [-0.1, -0.05) is 13.8 Å². The first-order chi connectivity index (χ1) is 6.73. The second-order valence-electron chi connectivity index (χ2n) is 3.41. The molecule has 0 aliphatic carbocycles. The lowest BCUT2D eigenvalue weighted by Crippen LogP contribution is -2.04. The predicted octanol–water partition coefficient (Wildman–Crippen LogP) is 1.99. The summed E-state index contributed by atoms with van der Waals surface area (Å²) in [5.41, 5.74) is -0.220. The van der Waals surface area contributed by atoms with Gasteiger partial charge in [-0.25, -0.2) is 17.2 Å². The molecule has 0 saturated heterocycles. The first-order valence-electron chi connectivity index (χ1n) is 4.18. The molecule has 1 aromatic rings. The van der Waals surface area contributed by atoms with Crippen LogP contribution >= 0.6 is 0 Å². The summed E-state index contributed by atoms with van der Waals surface area (Å²) in [6.45, 7) is 3.12. The molecule has 0 fully saturated rings. The summed E-state index contributed by atoms with van der Waals surface area (Å²) in [4.78, 5) is -0.887. The maximum atomic E-state index is 13.2. The Morgan fingerprint density at radius 1 is 1.20 bits per heavy atom. The van der Waals surface area contributed by atoms with E-state index in [0.29, 0.717) is 12.1 Å². The lowest BCUT2D eigenvalue weighted by molar-refractivity contribution is 0.458. The third kappa shape index (κ3) is 2.51. The van der Waals surface area contributed by atoms with Gasteiger partial charge in [-0.2, -0.15) is 0 Å². The fraction of sp³-hybridized carbons (Fsp3) is 0.333. The van der Waals surface area contributed by atoms with Crippen molar-refractivity contribution in [3.63, 3.8) is 0 Å². The van der Waals surface area contributed by atoms with E-state index in [1.54, 1.807) is 13.8 Å². The number of rotatable bonds is 2. The number of halogens is 2. The monoisotopic (exact) mass is 235 g/mol. The lowest BCUT2D eigenvalue weighted by Gasteiger charge is -2.12. The summed E-state index contributed by atoms with van der Waals surface area (Å²) in [6.07, 6.45) is 0. The Morgan fingerprint density at radius 2 is 1.60 bits per heavy atom. The summed E-state index contributed by atoms with van der Waals surface area (Å²) in [6, 6.07) is 1.08. The van der Waals surface area contributed by atoms with Crippen LogP contribution in [-0.4, -0.2) is 13.0 Å². The third-order valence-corrected chi connectivity index (χ3v) is 2.73. The molecule has 0 radical (unpaired) electrons. The van der Waals surface area contributed by atoms with E-state index in [1.807, 2.05) is 0 Å². The van der Waals surface area contributed by atoms with Crippen molar-refractivity contribution in [2.75, 3.05) is 0 Å². The predicted molar refractivity (Wildman–Crippen MR) is 48.4 cm³/mol. The quantitative estimate of drug-likeness (QED) is 0.736. The second-order valence-corrected chi connectivity index (χ2v) is 4.79. The van der Waals surface area contributed by atoms with Gasteiger partial charge in [-0.05, 0) is 18.1 Å². The molecule has 0 spiro atoms. The molecule has 0 aliphatic heterocycles. The standard InChI is InChI=1S/C9H10F2O3S/c1-5(2)9-7(10)3-6(4-8(9)11)15(12,13)14/h3-5H,1-2H3,(H,12,13,14)/p-1. The number of hydrogen-bond donors (Lipinski definition) is 0. The van der Waals surface area contributed by atoms with E-state index in [0.717, 1.165) is 0 Å². The first-order valence-corrected chi connectivity index (χ1v) is 5.59. The molecule has 0 N–H and O–H groups in total. The van der Waals surface area contributed by atoms with Crippen molar-refractivity contribution in [2.24, 2.45) is 0 Å². The highest BCUT2D eigenvalue weighted by molar-refractivity contribution is 7.85. The normalized spacial score (nSPS) is 12.1. The number of hydrogen-bond acceptors (Lipinski definition) is 3. The van der Waals surface area contributed by atoms with Gasteiger partial charge in [0.2, 0.25) is 0 Å². The van der Waals surface area contributed by atoms with Crippen LogP contribution in [0.2, 0.25) is 0 Å². The summed E-state index contributed by atoms with van der Waals surface area (Å²) < 4.78 is 58.1. The first kappa shape index (κ1) is 12.1. The van der Waals surface area contributed by atoms with Crippen molar-refractivity contribution in [3.8, 4) is 0 Å². The zero-order valence-corrected chi connectivity index (χ0v) is 8.94. The van der Waals surface area contributed by atoms with Crippen LogP contribution in [0.3, 0.4) is 0 Å². The van der Waals surface area contributed by atoms with E-state index in [4.69, 9.17) is 0 Å². The fourth-order valence-corrected chi connectivity index (χ4v) is 1.75. The molecule has 3 nitrogen and oxygen atoms in total. The van der Waals surface area contributed by atoms with Gasteiger partial charge in [0.15, 0.2) is 0 Å². The fourth-order valence-electron chi connectivity index (χ4n) is 1.26. The molecule has 1 rings (SSSR count). The summed E-state index contributed by atoms with van der Waals surface area (Å²) in [5.74, 6) is -2.45. The highest BCUT2D eigenvalue weighted by Crippen LogP contribution is 2.24. The van der Waals surface area contributed by atoms with Gasteiger partial charge in [-0.3, -0.25) is 0 Å². The zero-order chi connectivity index (χ0) is 11.8. The van der Waals surface area contributed by atoms with Crippen LogP contribution in [0.25, 0.3) is 0 Å². The minimum absolute atomic E-state index is 0.220. The average molecular weight is 235 g/mol. The summed E-state index contributed by atoms with van der Waals surface area (Å²) >= 11 is 0. The van der Waals surface area contributed by atoms with E-state index < -0.39 is 32.6 Å². The van der Waals surface area contributed by atoms with Gasteiger partial charge in [0.05, 0.1) is 4.90 Å². The molecule has 0 unspecified atom stereocenters. The van der Waals surface area contributed by atoms with Gasteiger partial charge in [-0.15, -0.1) is 0 Å². The van der Waals surface area contributed by atoms with Crippen molar-refractivity contribution < 1.29 is 21.8 Å². The topological polar surface area (TPSA) is 57.2 Å². The smallest absolute Gasteiger partial charge is 0.130 e. The Labute approximate surface area is 86.5 Å². The van der Waals surface area contributed by atoms with Crippen molar-refractivity contribution in [2.45, 2.75) is 24.7 Å². The Balaban J connectivity index is 3.45. The van der Waals surface area contributed by atoms with Crippen LogP contribution in [-0.2, 0) is 10.1 Å². The molecule has 0 amide bonds. The minimum atomic E-state index is -4.82. The van der Waals surface area contributed by atoms with E-state index in [1.165, 1.54) is 0 Å². The SMILES string of the molecule is CC(C)c1c(F)cc(S(=O)(=O)[O-])cc1F.